The molecule has 3 aromatic heterocycles. The molecule has 0 atom stereocenters. The third-order valence-corrected chi connectivity index (χ3v) is 15.5. The van der Waals surface area contributed by atoms with E-state index in [2.05, 4.69) is 80.7 Å². The summed E-state index contributed by atoms with van der Waals surface area (Å²) in [6, 6.07) is 53.3. The van der Waals surface area contributed by atoms with Crippen molar-refractivity contribution in [2.24, 2.45) is 20.5 Å². The fourth-order valence-corrected chi connectivity index (χ4v) is 10.7. The molecule has 3 heterocycles. The van der Waals surface area contributed by atoms with Crippen LogP contribution in [-0.4, -0.2) is 30.3 Å². The molecule has 0 saturated heterocycles. The van der Waals surface area contributed by atoms with E-state index in [4.69, 9.17) is 15.8 Å². The molecule has 5 N–H and O–H groups in total. The van der Waals surface area contributed by atoms with Gasteiger partial charge in [-0.1, -0.05) is 24.3 Å². The van der Waals surface area contributed by atoms with Gasteiger partial charge in [-0.3, -0.25) is 0 Å². The Morgan fingerprint density at radius 2 is 0.795 bits per heavy atom. The average Bonchev–Trinajstić information content (AvgIpc) is 4.39. The van der Waals surface area contributed by atoms with Crippen LogP contribution in [0.5, 0.6) is 17.2 Å². The molecule has 418 valence electrons. The summed E-state index contributed by atoms with van der Waals surface area (Å²) in [6.45, 7) is 8.08. The first-order chi connectivity index (χ1) is 39.6. The number of alkyl halides is 6. The van der Waals surface area contributed by atoms with E-state index in [1.807, 2.05) is 92.7 Å². The van der Waals surface area contributed by atoms with Gasteiger partial charge in [0.05, 0.1) is 58.8 Å². The summed E-state index contributed by atoms with van der Waals surface area (Å²) in [7, 11) is 0. The number of hydrogen-bond acceptors (Lipinski definition) is 14. The molecule has 83 heavy (non-hydrogen) atoms. The van der Waals surface area contributed by atoms with Crippen molar-refractivity contribution in [2.45, 2.75) is 40.0 Å². The lowest BCUT2D eigenvalue weighted by molar-refractivity contribution is -0.138. The highest BCUT2D eigenvalue weighted by Gasteiger charge is 2.31. The number of phenols is 3. The molecule has 0 aliphatic rings. The van der Waals surface area contributed by atoms with Gasteiger partial charge < -0.3 is 21.1 Å². The van der Waals surface area contributed by atoms with Crippen LogP contribution >= 0.6 is 34.0 Å². The van der Waals surface area contributed by atoms with Gasteiger partial charge in [0.25, 0.3) is 0 Å². The van der Waals surface area contributed by atoms with E-state index in [0.717, 1.165) is 105 Å². The average molecular weight is 1180 g/mol. The van der Waals surface area contributed by atoms with E-state index >= 15 is 0 Å². The zero-order chi connectivity index (χ0) is 59.0. The lowest BCUT2D eigenvalue weighted by atomic mass is 10.2. The first-order valence-corrected chi connectivity index (χ1v) is 27.6. The number of fused-ring (bicyclic) bond motifs is 3. The molecular formula is C63H48F6N8O3S3. The van der Waals surface area contributed by atoms with Crippen LogP contribution in [0.15, 0.2) is 209 Å². The molecule has 9 aromatic carbocycles. The van der Waals surface area contributed by atoms with Gasteiger partial charge in [0, 0.05) is 22.4 Å². The third kappa shape index (κ3) is 15.4. The summed E-state index contributed by atoms with van der Waals surface area (Å²) < 4.78 is 77.0. The lowest BCUT2D eigenvalue weighted by Crippen LogP contribution is -2.03. The Hall–Kier alpha value is -9.37. The van der Waals surface area contributed by atoms with Crippen LogP contribution in [0.25, 0.3) is 62.4 Å². The number of benzene rings is 9. The van der Waals surface area contributed by atoms with Crippen molar-refractivity contribution >= 4 is 93.1 Å². The predicted molar refractivity (Wildman–Crippen MR) is 321 cm³/mol. The number of nitrogens with two attached hydrogens (primary N) is 1. The third-order valence-electron chi connectivity index (χ3n) is 12.2. The molecule has 11 nitrogen and oxygen atoms in total. The van der Waals surface area contributed by atoms with Gasteiger partial charge in [0.2, 0.25) is 0 Å². The van der Waals surface area contributed by atoms with E-state index < -0.39 is 29.2 Å². The summed E-state index contributed by atoms with van der Waals surface area (Å²) >= 11 is 4.99. The monoisotopic (exact) mass is 1170 g/mol. The molecule has 12 rings (SSSR count). The van der Waals surface area contributed by atoms with Crippen LogP contribution in [0, 0.1) is 27.7 Å². The van der Waals surface area contributed by atoms with Crippen molar-refractivity contribution in [2.75, 3.05) is 5.73 Å². The van der Waals surface area contributed by atoms with Crippen molar-refractivity contribution in [3.8, 4) is 49.0 Å². The highest BCUT2D eigenvalue weighted by molar-refractivity contribution is 7.22. The number of anilines is 1. The number of nitrogens with zero attached hydrogens (tertiary/aromatic N) is 7. The molecule has 0 fully saturated rings. The lowest BCUT2D eigenvalue weighted by Gasteiger charge is -2.07. The molecule has 0 saturated carbocycles. The minimum Gasteiger partial charge on any atom is -0.508 e. The Balaban J connectivity index is 0.000000140. The predicted octanol–water partition coefficient (Wildman–Crippen LogP) is 20.4. The number of hydrogen-bond donors (Lipinski definition) is 4. The van der Waals surface area contributed by atoms with Crippen LogP contribution in [0.1, 0.15) is 33.4 Å². The fraction of sp³-hybridized carbons (Fsp3) is 0.0952. The second-order valence-electron chi connectivity index (χ2n) is 18.8. The highest BCUT2D eigenvalue weighted by Crippen LogP contribution is 2.39. The van der Waals surface area contributed by atoms with Crippen molar-refractivity contribution in [1.29, 1.82) is 0 Å². The number of aryl methyl sites for hydroxylation is 4. The van der Waals surface area contributed by atoms with E-state index in [-0.39, 0.29) is 17.2 Å². The quantitative estimate of drug-likeness (QED) is 0.0698. The van der Waals surface area contributed by atoms with E-state index in [1.54, 1.807) is 64.3 Å². The molecule has 0 aliphatic heterocycles. The number of thiazole rings is 3. The normalized spacial score (nSPS) is 11.6. The van der Waals surface area contributed by atoms with Crippen LogP contribution in [0.3, 0.4) is 0 Å². The first kappa shape index (κ1) is 58.3. The van der Waals surface area contributed by atoms with Gasteiger partial charge in [-0.25, -0.2) is 15.0 Å². The van der Waals surface area contributed by atoms with Gasteiger partial charge >= 0.3 is 12.4 Å². The van der Waals surface area contributed by atoms with Crippen molar-refractivity contribution in [1.82, 2.24) is 15.0 Å². The Kier molecular flexibility index (Phi) is 17.7. The largest absolute Gasteiger partial charge is 0.508 e. The second-order valence-corrected chi connectivity index (χ2v) is 21.9. The van der Waals surface area contributed by atoms with E-state index in [1.165, 1.54) is 26.6 Å². The molecular weight excluding hydrogens is 1130 g/mol. The van der Waals surface area contributed by atoms with Crippen LogP contribution in [-0.2, 0) is 12.4 Å². The molecule has 0 bridgehead atoms. The number of aromatic nitrogens is 3. The van der Waals surface area contributed by atoms with Crippen molar-refractivity contribution in [3.05, 3.63) is 221 Å². The Labute approximate surface area is 483 Å². The minimum atomic E-state index is -4.53. The number of nitrogen functional groups attached to an aromatic ring is 1. The minimum absolute atomic E-state index is 0.0383. The molecule has 0 spiro atoms. The molecule has 0 unspecified atom stereocenters. The summed E-state index contributed by atoms with van der Waals surface area (Å²) in [5, 5.41) is 47.2. The number of rotatable bonds is 7. The van der Waals surface area contributed by atoms with Crippen molar-refractivity contribution in [3.63, 3.8) is 0 Å². The number of phenolic OH excluding ortho intramolecular Hbond substituents is 3. The van der Waals surface area contributed by atoms with Gasteiger partial charge in [0.15, 0.2) is 0 Å². The van der Waals surface area contributed by atoms with Crippen LogP contribution < -0.4 is 5.73 Å². The van der Waals surface area contributed by atoms with Crippen LogP contribution in [0.4, 0.5) is 54.8 Å². The maximum atomic E-state index is 12.6. The fourth-order valence-electron chi connectivity index (χ4n) is 7.89. The van der Waals surface area contributed by atoms with E-state index in [9.17, 15) is 36.6 Å². The SMILES string of the molecule is Cc1ccc2sc(-c3ccc(N)cc3)nc2c1.Cc1ccc2sc(-c3ccc(N=Nc4ccc(C(F)(F)F)cc4O)cc3)nc2c1.Cc1ccc2sc(-c3ccc(N=Nc4ccc(O)cc4C)cc3)nc2c1.Oc1cccc(C(F)(F)F)c1. The molecule has 0 amide bonds. The summed E-state index contributed by atoms with van der Waals surface area (Å²) in [5.74, 6) is -0.721. The Morgan fingerprint density at radius 1 is 0.398 bits per heavy atom. The molecule has 0 aliphatic carbocycles. The van der Waals surface area contributed by atoms with Gasteiger partial charge in [-0.2, -0.15) is 41.7 Å². The standard InChI is InChI=1S/C21H14F3N3OS.C21H17N3OS.C14H12N2S.C7H5F3O/c1-12-2-9-19-17(10-12)25-20(29-19)13-3-6-15(7-4-13)26-27-16-8-5-14(11-18(16)28)21(22,23)24;1-13-3-10-20-19(11-13)22-21(26-20)15-4-6-16(7-5-15)23-24-18-9-8-17(25)12-14(18)2;1-9-2-7-13-12(8-9)16-14(17-13)10-3-5-11(15)6-4-10;8-7(9,10)5-2-1-3-6(11)4-5/h2-11,28H,1H3;3-12,25H,1-2H3;2-8H,15H2,1H3;1-4,11H. The number of halogens is 6. The van der Waals surface area contributed by atoms with E-state index in [0.29, 0.717) is 17.8 Å². The first-order valence-electron chi connectivity index (χ1n) is 25.2. The smallest absolute Gasteiger partial charge is 0.416 e. The maximum absolute atomic E-state index is 12.6. The summed E-state index contributed by atoms with van der Waals surface area (Å²) in [4.78, 5) is 14.0. The second kappa shape index (κ2) is 25.2. The van der Waals surface area contributed by atoms with Gasteiger partial charge in [-0.15, -0.1) is 39.1 Å². The Bertz CT molecular complexity index is 4290. The zero-order valence-electron chi connectivity index (χ0n) is 44.4. The summed E-state index contributed by atoms with van der Waals surface area (Å²) in [6.07, 6.45) is -8.90. The topological polar surface area (TPSA) is 175 Å². The van der Waals surface area contributed by atoms with Gasteiger partial charge in [0.1, 0.15) is 38.0 Å². The molecule has 12 aromatic rings. The highest BCUT2D eigenvalue weighted by atomic mass is 32.1. The molecule has 20 heteroatoms. The maximum Gasteiger partial charge on any atom is 0.416 e. The zero-order valence-corrected chi connectivity index (χ0v) is 46.9. The Morgan fingerprint density at radius 3 is 1.19 bits per heavy atom. The van der Waals surface area contributed by atoms with Crippen molar-refractivity contribution < 1.29 is 41.7 Å². The molecule has 0 radical (unpaired) electrons. The van der Waals surface area contributed by atoms with Crippen LogP contribution in [0.2, 0.25) is 0 Å². The van der Waals surface area contributed by atoms with Gasteiger partial charge in [-0.05, 0) is 214 Å². The summed E-state index contributed by atoms with van der Waals surface area (Å²) in [5.41, 5.74) is 17.4. The number of azo groups is 2. The number of aromatic hydroxyl groups is 3.